The molecule has 2 aromatic carbocycles. The maximum atomic E-state index is 13.5. The molecule has 1 heterocycles. The fourth-order valence-electron chi connectivity index (χ4n) is 2.88. The molecule has 0 radical (unpaired) electrons. The van der Waals surface area contributed by atoms with Gasteiger partial charge in [-0.25, -0.2) is 8.78 Å². The van der Waals surface area contributed by atoms with E-state index in [0.717, 1.165) is 31.4 Å². The van der Waals surface area contributed by atoms with Crippen molar-refractivity contribution in [1.82, 2.24) is 5.32 Å². The standard InChI is InChI=1S/C17H18F2N2/c1-12(14-8-15(18)10-16(19)9-14)21-7-6-20-11-13-4-2-3-5-17(13)21/h2-5,8-10,12,20H,6-7,11H2,1H3. The second kappa shape index (κ2) is 5.82. The monoisotopic (exact) mass is 288 g/mol. The molecule has 0 saturated heterocycles. The molecule has 0 aliphatic carbocycles. The molecule has 1 unspecified atom stereocenters. The Hall–Kier alpha value is -1.94. The first-order valence-electron chi connectivity index (χ1n) is 7.16. The van der Waals surface area contributed by atoms with Crippen LogP contribution in [0.1, 0.15) is 24.1 Å². The zero-order chi connectivity index (χ0) is 14.8. The van der Waals surface area contributed by atoms with Crippen LogP contribution in [0.4, 0.5) is 14.5 Å². The van der Waals surface area contributed by atoms with Crippen molar-refractivity contribution < 1.29 is 8.78 Å². The van der Waals surface area contributed by atoms with Crippen LogP contribution in [0.25, 0.3) is 0 Å². The quantitative estimate of drug-likeness (QED) is 0.907. The number of hydrogen-bond donors (Lipinski definition) is 1. The van der Waals surface area contributed by atoms with Gasteiger partial charge in [0.25, 0.3) is 0 Å². The Labute approximate surface area is 123 Å². The van der Waals surface area contributed by atoms with Crippen molar-refractivity contribution in [3.8, 4) is 0 Å². The van der Waals surface area contributed by atoms with Crippen LogP contribution in [0.5, 0.6) is 0 Å². The molecule has 1 aliphatic heterocycles. The lowest BCUT2D eigenvalue weighted by Gasteiger charge is -2.31. The number of halogens is 2. The van der Waals surface area contributed by atoms with E-state index >= 15 is 0 Å². The van der Waals surface area contributed by atoms with E-state index in [1.54, 1.807) is 0 Å². The van der Waals surface area contributed by atoms with Crippen LogP contribution < -0.4 is 10.2 Å². The van der Waals surface area contributed by atoms with Crippen LogP contribution >= 0.6 is 0 Å². The first-order valence-corrected chi connectivity index (χ1v) is 7.16. The third-order valence-corrected chi connectivity index (χ3v) is 3.98. The van der Waals surface area contributed by atoms with Gasteiger partial charge in [0.1, 0.15) is 11.6 Å². The van der Waals surface area contributed by atoms with Crippen LogP contribution in [-0.2, 0) is 6.54 Å². The molecule has 2 nitrogen and oxygen atoms in total. The molecular formula is C17H18F2N2. The van der Waals surface area contributed by atoms with Crippen molar-refractivity contribution in [2.24, 2.45) is 0 Å². The molecule has 3 rings (SSSR count). The molecule has 0 aromatic heterocycles. The van der Waals surface area contributed by atoms with Gasteiger partial charge < -0.3 is 10.2 Å². The SMILES string of the molecule is CC(c1cc(F)cc(F)c1)N1CCNCc2ccccc21. The molecule has 4 heteroatoms. The average molecular weight is 288 g/mol. The summed E-state index contributed by atoms with van der Waals surface area (Å²) in [6.07, 6.45) is 0. The number of benzene rings is 2. The fourth-order valence-corrected chi connectivity index (χ4v) is 2.88. The summed E-state index contributed by atoms with van der Waals surface area (Å²) in [5, 5.41) is 3.37. The lowest BCUT2D eigenvalue weighted by atomic mass is 10.0. The van der Waals surface area contributed by atoms with Crippen LogP contribution in [0.2, 0.25) is 0 Å². The largest absolute Gasteiger partial charge is 0.363 e. The van der Waals surface area contributed by atoms with Gasteiger partial charge in [0.2, 0.25) is 0 Å². The zero-order valence-electron chi connectivity index (χ0n) is 11.9. The van der Waals surface area contributed by atoms with Gasteiger partial charge in [-0.15, -0.1) is 0 Å². The van der Waals surface area contributed by atoms with Crippen molar-refractivity contribution in [3.05, 3.63) is 65.2 Å². The molecule has 110 valence electrons. The Morgan fingerprint density at radius 3 is 2.57 bits per heavy atom. The Morgan fingerprint density at radius 1 is 1.10 bits per heavy atom. The summed E-state index contributed by atoms with van der Waals surface area (Å²) in [5.41, 5.74) is 2.99. The minimum absolute atomic E-state index is 0.0868. The number of nitrogens with one attached hydrogen (secondary N) is 1. The number of hydrogen-bond acceptors (Lipinski definition) is 2. The van der Waals surface area contributed by atoms with E-state index < -0.39 is 11.6 Å². The normalized spacial score (nSPS) is 16.2. The predicted molar refractivity (Wildman–Crippen MR) is 80.3 cm³/mol. The molecule has 0 fully saturated rings. The number of anilines is 1. The van der Waals surface area contributed by atoms with Crippen molar-refractivity contribution in [2.45, 2.75) is 19.5 Å². The molecular weight excluding hydrogens is 270 g/mol. The third kappa shape index (κ3) is 2.90. The molecule has 0 spiro atoms. The minimum Gasteiger partial charge on any atom is -0.363 e. The summed E-state index contributed by atoms with van der Waals surface area (Å²) in [4.78, 5) is 2.20. The second-order valence-electron chi connectivity index (χ2n) is 5.38. The highest BCUT2D eigenvalue weighted by Gasteiger charge is 2.21. The zero-order valence-corrected chi connectivity index (χ0v) is 11.9. The number of para-hydroxylation sites is 1. The number of rotatable bonds is 2. The maximum absolute atomic E-state index is 13.5. The van der Waals surface area contributed by atoms with Crippen LogP contribution in [0.3, 0.4) is 0 Å². The summed E-state index contributed by atoms with van der Waals surface area (Å²) in [5.74, 6) is -1.06. The van der Waals surface area contributed by atoms with Gasteiger partial charge in [-0.1, -0.05) is 18.2 Å². The van der Waals surface area contributed by atoms with E-state index in [-0.39, 0.29) is 6.04 Å². The van der Waals surface area contributed by atoms with Crippen molar-refractivity contribution >= 4 is 5.69 Å². The molecule has 21 heavy (non-hydrogen) atoms. The van der Waals surface area contributed by atoms with E-state index in [0.29, 0.717) is 5.56 Å². The minimum atomic E-state index is -0.530. The highest BCUT2D eigenvalue weighted by molar-refractivity contribution is 5.56. The number of fused-ring (bicyclic) bond motifs is 1. The molecule has 1 aliphatic rings. The van der Waals surface area contributed by atoms with E-state index in [1.807, 2.05) is 19.1 Å². The van der Waals surface area contributed by atoms with E-state index in [9.17, 15) is 8.78 Å². The van der Waals surface area contributed by atoms with E-state index in [1.165, 1.54) is 17.7 Å². The Kier molecular flexibility index (Phi) is 3.88. The molecule has 1 N–H and O–H groups in total. The second-order valence-corrected chi connectivity index (χ2v) is 5.38. The van der Waals surface area contributed by atoms with Gasteiger partial charge in [0.05, 0.1) is 6.04 Å². The van der Waals surface area contributed by atoms with Crippen LogP contribution in [-0.4, -0.2) is 13.1 Å². The average Bonchev–Trinajstić information content (AvgIpc) is 2.68. The Morgan fingerprint density at radius 2 is 1.81 bits per heavy atom. The smallest absolute Gasteiger partial charge is 0.126 e. The first kappa shape index (κ1) is 14.0. The van der Waals surface area contributed by atoms with Crippen molar-refractivity contribution in [3.63, 3.8) is 0 Å². The van der Waals surface area contributed by atoms with Gasteiger partial charge in [0, 0.05) is 31.4 Å². The van der Waals surface area contributed by atoms with Gasteiger partial charge in [-0.05, 0) is 36.2 Å². The van der Waals surface area contributed by atoms with Gasteiger partial charge in [0.15, 0.2) is 0 Å². The van der Waals surface area contributed by atoms with Crippen molar-refractivity contribution in [2.75, 3.05) is 18.0 Å². The lowest BCUT2D eigenvalue weighted by molar-refractivity contribution is 0.570. The van der Waals surface area contributed by atoms with Crippen LogP contribution in [0.15, 0.2) is 42.5 Å². The molecule has 0 saturated carbocycles. The molecule has 1 atom stereocenters. The molecule has 2 aromatic rings. The highest BCUT2D eigenvalue weighted by atomic mass is 19.1. The van der Waals surface area contributed by atoms with Crippen molar-refractivity contribution in [1.29, 1.82) is 0 Å². The van der Waals surface area contributed by atoms with Gasteiger partial charge in [-0.2, -0.15) is 0 Å². The Bertz CT molecular complexity index is 622. The third-order valence-electron chi connectivity index (χ3n) is 3.98. The summed E-state index contributed by atoms with van der Waals surface area (Å²) in [7, 11) is 0. The van der Waals surface area contributed by atoms with Crippen LogP contribution in [0, 0.1) is 11.6 Å². The first-order chi connectivity index (χ1) is 10.1. The van der Waals surface area contributed by atoms with Gasteiger partial charge >= 0.3 is 0 Å². The summed E-state index contributed by atoms with van der Waals surface area (Å²) in [6.45, 7) is 4.44. The van der Waals surface area contributed by atoms with E-state index in [2.05, 4.69) is 22.3 Å². The number of nitrogens with zero attached hydrogens (tertiary/aromatic N) is 1. The maximum Gasteiger partial charge on any atom is 0.126 e. The predicted octanol–water partition coefficient (Wildman–Crippen LogP) is 3.64. The van der Waals surface area contributed by atoms with E-state index in [4.69, 9.17) is 0 Å². The molecule has 0 amide bonds. The fraction of sp³-hybridized carbons (Fsp3) is 0.294. The summed E-state index contributed by atoms with van der Waals surface area (Å²) < 4.78 is 26.9. The molecule has 0 bridgehead atoms. The summed E-state index contributed by atoms with van der Waals surface area (Å²) in [6, 6.07) is 11.8. The topological polar surface area (TPSA) is 15.3 Å². The highest BCUT2D eigenvalue weighted by Crippen LogP contribution is 2.31. The summed E-state index contributed by atoms with van der Waals surface area (Å²) >= 11 is 0. The van der Waals surface area contributed by atoms with Gasteiger partial charge in [-0.3, -0.25) is 0 Å². The Balaban J connectivity index is 1.99. The lowest BCUT2D eigenvalue weighted by Crippen LogP contribution is -2.31.